The maximum absolute atomic E-state index is 13.1. The molecule has 2 aromatic rings. The molecule has 98 valence electrons. The zero-order valence-electron chi connectivity index (χ0n) is 10.2. The highest BCUT2D eigenvalue weighted by Gasteiger charge is 2.09. The van der Waals surface area contributed by atoms with Crippen molar-refractivity contribution in [2.45, 2.75) is 12.8 Å². The molecule has 0 bridgehead atoms. The maximum Gasteiger partial charge on any atom is 0.141 e. The summed E-state index contributed by atoms with van der Waals surface area (Å²) in [6.45, 7) is 0. The number of nitrogen functional groups attached to an aromatic ring is 1. The fourth-order valence-corrected chi connectivity index (χ4v) is 2.07. The largest absolute Gasteiger partial charge is 0.399 e. The van der Waals surface area contributed by atoms with E-state index in [1.54, 1.807) is 18.2 Å². The van der Waals surface area contributed by atoms with E-state index in [2.05, 4.69) is 0 Å². The fraction of sp³-hybridized carbons (Fsp3) is 0.133. The van der Waals surface area contributed by atoms with E-state index in [4.69, 9.17) is 17.3 Å². The van der Waals surface area contributed by atoms with Gasteiger partial charge in [-0.2, -0.15) is 0 Å². The van der Waals surface area contributed by atoms with Crippen LogP contribution in [0.25, 0.3) is 0 Å². The first kappa shape index (κ1) is 13.6. The minimum absolute atomic E-state index is 0.0295. The molecule has 0 aromatic heterocycles. The van der Waals surface area contributed by atoms with Gasteiger partial charge < -0.3 is 5.73 Å². The number of ketones is 1. The Balaban J connectivity index is 2.07. The van der Waals surface area contributed by atoms with Gasteiger partial charge in [-0.25, -0.2) is 4.39 Å². The second-order valence-corrected chi connectivity index (χ2v) is 4.78. The topological polar surface area (TPSA) is 43.1 Å². The van der Waals surface area contributed by atoms with E-state index in [0.29, 0.717) is 16.3 Å². The van der Waals surface area contributed by atoms with Crippen LogP contribution in [0.1, 0.15) is 11.1 Å². The van der Waals surface area contributed by atoms with Crippen molar-refractivity contribution in [3.8, 4) is 0 Å². The average molecular weight is 278 g/mol. The van der Waals surface area contributed by atoms with Gasteiger partial charge in [0.05, 0.1) is 0 Å². The Morgan fingerprint density at radius 2 is 1.95 bits per heavy atom. The SMILES string of the molecule is Nc1cccc(CC(=O)Cc2cc(F)ccc2Cl)c1. The summed E-state index contributed by atoms with van der Waals surface area (Å²) in [5.41, 5.74) is 7.62. The molecule has 19 heavy (non-hydrogen) atoms. The molecule has 2 nitrogen and oxygen atoms in total. The summed E-state index contributed by atoms with van der Waals surface area (Å²) in [5, 5.41) is 0.405. The molecular weight excluding hydrogens is 265 g/mol. The predicted molar refractivity (Wildman–Crippen MR) is 74.7 cm³/mol. The maximum atomic E-state index is 13.1. The van der Waals surface area contributed by atoms with Crippen LogP contribution in [0.4, 0.5) is 10.1 Å². The normalized spacial score (nSPS) is 10.4. The summed E-state index contributed by atoms with van der Waals surface area (Å²) in [7, 11) is 0. The van der Waals surface area contributed by atoms with Crippen molar-refractivity contribution >= 4 is 23.1 Å². The molecule has 0 heterocycles. The molecule has 2 rings (SSSR count). The van der Waals surface area contributed by atoms with E-state index in [0.717, 1.165) is 5.56 Å². The summed E-state index contributed by atoms with van der Waals surface area (Å²) < 4.78 is 13.1. The number of nitrogens with two attached hydrogens (primary N) is 1. The number of Topliss-reactive ketones (excluding diaryl/α,β-unsaturated/α-hetero) is 1. The monoisotopic (exact) mass is 277 g/mol. The number of rotatable bonds is 4. The van der Waals surface area contributed by atoms with Crippen LogP contribution in [0.5, 0.6) is 0 Å². The van der Waals surface area contributed by atoms with Gasteiger partial charge in [0, 0.05) is 23.6 Å². The van der Waals surface area contributed by atoms with E-state index < -0.39 is 5.82 Å². The van der Waals surface area contributed by atoms with Gasteiger partial charge in [-0.05, 0) is 41.5 Å². The predicted octanol–water partition coefficient (Wildman–Crippen LogP) is 3.42. The minimum Gasteiger partial charge on any atom is -0.399 e. The lowest BCUT2D eigenvalue weighted by Crippen LogP contribution is -2.07. The van der Waals surface area contributed by atoms with Crippen LogP contribution in [0, 0.1) is 5.82 Å². The Bertz CT molecular complexity index is 613. The Morgan fingerprint density at radius 1 is 1.16 bits per heavy atom. The smallest absolute Gasteiger partial charge is 0.141 e. The highest BCUT2D eigenvalue weighted by Crippen LogP contribution is 2.18. The average Bonchev–Trinajstić information content (AvgIpc) is 2.34. The lowest BCUT2D eigenvalue weighted by Gasteiger charge is -2.05. The van der Waals surface area contributed by atoms with Crippen LogP contribution in [-0.4, -0.2) is 5.78 Å². The van der Waals surface area contributed by atoms with Crippen molar-refractivity contribution in [2.24, 2.45) is 0 Å². The van der Waals surface area contributed by atoms with Crippen molar-refractivity contribution in [3.63, 3.8) is 0 Å². The van der Waals surface area contributed by atoms with Crippen LogP contribution < -0.4 is 5.73 Å². The number of halogens is 2. The van der Waals surface area contributed by atoms with Crippen LogP contribution >= 0.6 is 11.6 Å². The molecule has 2 N–H and O–H groups in total. The van der Waals surface area contributed by atoms with Crippen molar-refractivity contribution in [3.05, 3.63) is 64.4 Å². The summed E-state index contributed by atoms with van der Waals surface area (Å²) >= 11 is 5.93. The zero-order valence-corrected chi connectivity index (χ0v) is 11.0. The molecule has 0 aliphatic carbocycles. The number of hydrogen-bond acceptors (Lipinski definition) is 2. The van der Waals surface area contributed by atoms with Crippen molar-refractivity contribution in [2.75, 3.05) is 5.73 Å². The van der Waals surface area contributed by atoms with Gasteiger partial charge in [0.1, 0.15) is 11.6 Å². The van der Waals surface area contributed by atoms with Crippen molar-refractivity contribution < 1.29 is 9.18 Å². The molecule has 0 fully saturated rings. The second-order valence-electron chi connectivity index (χ2n) is 4.37. The van der Waals surface area contributed by atoms with Crippen molar-refractivity contribution in [1.29, 1.82) is 0 Å². The van der Waals surface area contributed by atoms with Crippen LogP contribution in [0.2, 0.25) is 5.02 Å². The third kappa shape index (κ3) is 3.80. The van der Waals surface area contributed by atoms with Crippen LogP contribution in [0.3, 0.4) is 0 Å². The number of anilines is 1. The third-order valence-corrected chi connectivity index (χ3v) is 3.12. The first-order valence-electron chi connectivity index (χ1n) is 5.84. The van der Waals surface area contributed by atoms with Gasteiger partial charge in [0.15, 0.2) is 0 Å². The standard InChI is InChI=1S/C15H13ClFNO/c16-15-5-4-12(17)8-11(15)9-14(19)7-10-2-1-3-13(18)6-10/h1-6,8H,7,9,18H2. The molecule has 0 unspecified atom stereocenters. The Labute approximate surface area is 116 Å². The zero-order chi connectivity index (χ0) is 13.8. The molecule has 0 amide bonds. The first-order valence-corrected chi connectivity index (χ1v) is 6.22. The van der Waals surface area contributed by atoms with Crippen LogP contribution in [-0.2, 0) is 17.6 Å². The Kier molecular flexibility index (Phi) is 4.17. The number of benzene rings is 2. The molecule has 0 radical (unpaired) electrons. The molecule has 0 saturated heterocycles. The van der Waals surface area contributed by atoms with E-state index in [1.807, 2.05) is 6.07 Å². The number of carbonyl (C=O) groups excluding carboxylic acids is 1. The molecule has 0 saturated carbocycles. The van der Waals surface area contributed by atoms with Gasteiger partial charge in [-0.1, -0.05) is 23.7 Å². The summed E-state index contributed by atoms with van der Waals surface area (Å²) in [6, 6.07) is 11.2. The van der Waals surface area contributed by atoms with Gasteiger partial charge in [0.25, 0.3) is 0 Å². The lowest BCUT2D eigenvalue weighted by atomic mass is 10.0. The summed E-state index contributed by atoms with van der Waals surface area (Å²) in [5.74, 6) is -0.422. The van der Waals surface area contributed by atoms with E-state index in [1.165, 1.54) is 18.2 Å². The van der Waals surface area contributed by atoms with Gasteiger partial charge >= 0.3 is 0 Å². The fourth-order valence-electron chi connectivity index (χ4n) is 1.88. The van der Waals surface area contributed by atoms with E-state index in [-0.39, 0.29) is 18.6 Å². The summed E-state index contributed by atoms with van der Waals surface area (Å²) in [4.78, 5) is 11.9. The highest BCUT2D eigenvalue weighted by molar-refractivity contribution is 6.31. The van der Waals surface area contributed by atoms with Crippen molar-refractivity contribution in [1.82, 2.24) is 0 Å². The van der Waals surface area contributed by atoms with E-state index in [9.17, 15) is 9.18 Å². The summed E-state index contributed by atoms with van der Waals surface area (Å²) in [6.07, 6.45) is 0.378. The lowest BCUT2D eigenvalue weighted by molar-refractivity contribution is -0.117. The second kappa shape index (κ2) is 5.85. The molecule has 4 heteroatoms. The molecule has 0 spiro atoms. The minimum atomic E-state index is -0.392. The number of hydrogen-bond donors (Lipinski definition) is 1. The Hall–Kier alpha value is -1.87. The highest BCUT2D eigenvalue weighted by atomic mass is 35.5. The molecule has 2 aromatic carbocycles. The molecule has 0 aliphatic heterocycles. The third-order valence-electron chi connectivity index (χ3n) is 2.75. The van der Waals surface area contributed by atoms with Gasteiger partial charge in [-0.15, -0.1) is 0 Å². The molecular formula is C15H13ClFNO. The number of carbonyl (C=O) groups is 1. The van der Waals surface area contributed by atoms with Gasteiger partial charge in [0.2, 0.25) is 0 Å². The van der Waals surface area contributed by atoms with E-state index >= 15 is 0 Å². The Morgan fingerprint density at radius 3 is 2.68 bits per heavy atom. The first-order chi connectivity index (χ1) is 9.04. The van der Waals surface area contributed by atoms with Crippen LogP contribution in [0.15, 0.2) is 42.5 Å². The molecule has 0 atom stereocenters. The quantitative estimate of drug-likeness (QED) is 0.870. The molecule has 0 aliphatic rings. The van der Waals surface area contributed by atoms with Gasteiger partial charge in [-0.3, -0.25) is 4.79 Å².